The van der Waals surface area contributed by atoms with Crippen LogP contribution in [0.3, 0.4) is 0 Å². The summed E-state index contributed by atoms with van der Waals surface area (Å²) in [7, 11) is 1.61. The minimum atomic E-state index is -0.482. The second-order valence-electron chi connectivity index (χ2n) is 6.62. The predicted octanol–water partition coefficient (Wildman–Crippen LogP) is 3.56. The van der Waals surface area contributed by atoms with Crippen molar-refractivity contribution in [3.63, 3.8) is 0 Å². The normalized spacial score (nSPS) is 16.4. The molecule has 1 saturated carbocycles. The van der Waals surface area contributed by atoms with Gasteiger partial charge in [-0.2, -0.15) is 4.98 Å². The summed E-state index contributed by atoms with van der Waals surface area (Å²) in [6.45, 7) is 1.74. The number of carbonyl (C=O) groups is 1. The number of nitrogens with one attached hydrogen (secondary N) is 1. The van der Waals surface area contributed by atoms with Crippen LogP contribution in [-0.2, 0) is 4.79 Å². The summed E-state index contributed by atoms with van der Waals surface area (Å²) < 4.78 is 10.6. The van der Waals surface area contributed by atoms with Gasteiger partial charge in [-0.15, -0.1) is 0 Å². The molecule has 1 heterocycles. The van der Waals surface area contributed by atoms with Crippen molar-refractivity contribution in [3.8, 4) is 5.75 Å². The zero-order valence-electron chi connectivity index (χ0n) is 14.8. The molecular formula is C19H25N3O3. The molecule has 6 heteroatoms. The number of methoxy groups -OCH3 is 1. The lowest BCUT2D eigenvalue weighted by molar-refractivity contribution is -0.122. The summed E-state index contributed by atoms with van der Waals surface area (Å²) in [5.41, 5.74) is 0.822. The van der Waals surface area contributed by atoms with E-state index in [0.29, 0.717) is 29.8 Å². The molecule has 1 N–H and O–H groups in total. The van der Waals surface area contributed by atoms with E-state index in [4.69, 9.17) is 9.26 Å². The molecule has 0 saturated heterocycles. The third-order valence-electron chi connectivity index (χ3n) is 4.76. The van der Waals surface area contributed by atoms with Crippen LogP contribution in [0.5, 0.6) is 5.75 Å². The van der Waals surface area contributed by atoms with Crippen LogP contribution in [-0.4, -0.2) is 23.2 Å². The Bertz CT molecular complexity index is 707. The van der Waals surface area contributed by atoms with Gasteiger partial charge in [0.15, 0.2) is 5.82 Å². The molecule has 1 atom stereocenters. The Labute approximate surface area is 148 Å². The molecule has 3 rings (SSSR count). The fourth-order valence-corrected chi connectivity index (χ4v) is 3.49. The molecule has 0 spiro atoms. The number of hydrogen-bond donors (Lipinski definition) is 1. The minimum absolute atomic E-state index is 0.0188. The average molecular weight is 343 g/mol. The van der Waals surface area contributed by atoms with Crippen LogP contribution >= 0.6 is 0 Å². The Morgan fingerprint density at radius 1 is 1.32 bits per heavy atom. The quantitative estimate of drug-likeness (QED) is 0.868. The number of rotatable bonds is 6. The van der Waals surface area contributed by atoms with Crippen molar-refractivity contribution in [2.45, 2.75) is 51.5 Å². The summed E-state index contributed by atoms with van der Waals surface area (Å²) in [5, 5.41) is 7.09. The molecule has 134 valence electrons. The van der Waals surface area contributed by atoms with E-state index in [1.807, 2.05) is 24.3 Å². The molecule has 0 radical (unpaired) electrons. The van der Waals surface area contributed by atoms with Crippen LogP contribution in [0.15, 0.2) is 28.8 Å². The maximum absolute atomic E-state index is 12.6. The van der Waals surface area contributed by atoms with Crippen LogP contribution in [0.2, 0.25) is 0 Å². The predicted molar refractivity (Wildman–Crippen MR) is 93.2 cm³/mol. The van der Waals surface area contributed by atoms with Gasteiger partial charge >= 0.3 is 0 Å². The lowest BCUT2D eigenvalue weighted by atomic mass is 9.86. The second kappa shape index (κ2) is 8.14. The highest BCUT2D eigenvalue weighted by Crippen LogP contribution is 2.30. The van der Waals surface area contributed by atoms with Crippen molar-refractivity contribution < 1.29 is 14.1 Å². The highest BCUT2D eigenvalue weighted by Gasteiger charge is 2.26. The summed E-state index contributed by atoms with van der Waals surface area (Å²) in [6, 6.07) is 7.10. The molecule has 25 heavy (non-hydrogen) atoms. The molecule has 6 nitrogen and oxygen atoms in total. The van der Waals surface area contributed by atoms with E-state index in [9.17, 15) is 4.79 Å². The van der Waals surface area contributed by atoms with Gasteiger partial charge in [-0.1, -0.05) is 42.6 Å². The first kappa shape index (κ1) is 17.5. The molecule has 1 amide bonds. The van der Waals surface area contributed by atoms with Gasteiger partial charge in [0.25, 0.3) is 0 Å². The Balaban J connectivity index is 1.80. The summed E-state index contributed by atoms with van der Waals surface area (Å²) in [6.07, 6.45) is 6.53. The summed E-state index contributed by atoms with van der Waals surface area (Å²) in [4.78, 5) is 17.0. The number of para-hydroxylation sites is 1. The van der Waals surface area contributed by atoms with E-state index >= 15 is 0 Å². The van der Waals surface area contributed by atoms with Crippen LogP contribution in [0, 0.1) is 12.8 Å². The van der Waals surface area contributed by atoms with Gasteiger partial charge in [0.2, 0.25) is 11.8 Å². The Morgan fingerprint density at radius 3 is 2.76 bits per heavy atom. The molecule has 0 aliphatic heterocycles. The van der Waals surface area contributed by atoms with E-state index in [1.165, 1.54) is 19.3 Å². The topological polar surface area (TPSA) is 77.2 Å². The number of nitrogens with zero attached hydrogens (tertiary/aromatic N) is 2. The number of ether oxygens (including phenoxy) is 1. The van der Waals surface area contributed by atoms with Crippen LogP contribution in [0.4, 0.5) is 0 Å². The van der Waals surface area contributed by atoms with E-state index in [-0.39, 0.29) is 5.91 Å². The molecule has 1 fully saturated rings. The van der Waals surface area contributed by atoms with E-state index in [0.717, 1.165) is 18.4 Å². The average Bonchev–Trinajstić information content (AvgIpc) is 3.06. The second-order valence-corrected chi connectivity index (χ2v) is 6.62. The SMILES string of the molecule is COc1ccccc1C(NC(=O)CC1CCCCC1)c1noc(C)n1. The smallest absolute Gasteiger partial charge is 0.223 e. The molecule has 1 aromatic carbocycles. The van der Waals surface area contributed by atoms with Gasteiger partial charge in [-0.3, -0.25) is 4.79 Å². The van der Waals surface area contributed by atoms with E-state index in [1.54, 1.807) is 14.0 Å². The maximum Gasteiger partial charge on any atom is 0.223 e. The van der Waals surface area contributed by atoms with E-state index in [2.05, 4.69) is 15.5 Å². The number of hydrogen-bond acceptors (Lipinski definition) is 5. The largest absolute Gasteiger partial charge is 0.496 e. The fraction of sp³-hybridized carbons (Fsp3) is 0.526. The number of amides is 1. The lowest BCUT2D eigenvalue weighted by Gasteiger charge is -2.23. The third-order valence-corrected chi connectivity index (χ3v) is 4.76. The third kappa shape index (κ3) is 4.38. The number of aromatic nitrogens is 2. The molecule has 1 aliphatic carbocycles. The van der Waals surface area contributed by atoms with E-state index < -0.39 is 6.04 Å². The highest BCUT2D eigenvalue weighted by atomic mass is 16.5. The van der Waals surface area contributed by atoms with Crippen molar-refractivity contribution in [3.05, 3.63) is 41.5 Å². The Kier molecular flexibility index (Phi) is 5.68. The standard InChI is InChI=1S/C19H25N3O3/c1-13-20-19(22-25-13)18(15-10-6-7-11-16(15)24-2)21-17(23)12-14-8-4-3-5-9-14/h6-7,10-11,14,18H,3-5,8-9,12H2,1-2H3,(H,21,23). The number of benzene rings is 1. The molecule has 1 unspecified atom stereocenters. The van der Waals surface area contributed by atoms with Crippen LogP contribution < -0.4 is 10.1 Å². The molecule has 2 aromatic rings. The van der Waals surface area contributed by atoms with Gasteiger partial charge in [0.1, 0.15) is 11.8 Å². The monoisotopic (exact) mass is 343 g/mol. The fourth-order valence-electron chi connectivity index (χ4n) is 3.49. The lowest BCUT2D eigenvalue weighted by Crippen LogP contribution is -2.32. The van der Waals surface area contributed by atoms with Gasteiger partial charge in [0, 0.05) is 18.9 Å². The minimum Gasteiger partial charge on any atom is -0.496 e. The van der Waals surface area contributed by atoms with Gasteiger partial charge in [-0.05, 0) is 24.8 Å². The van der Waals surface area contributed by atoms with Crippen molar-refractivity contribution >= 4 is 5.91 Å². The first-order valence-electron chi connectivity index (χ1n) is 8.90. The zero-order chi connectivity index (χ0) is 17.6. The van der Waals surface area contributed by atoms with Gasteiger partial charge in [-0.25, -0.2) is 0 Å². The van der Waals surface area contributed by atoms with Crippen LogP contribution in [0.1, 0.15) is 61.8 Å². The summed E-state index contributed by atoms with van der Waals surface area (Å²) >= 11 is 0. The van der Waals surface area contributed by atoms with Crippen molar-refractivity contribution in [1.29, 1.82) is 0 Å². The van der Waals surface area contributed by atoms with Crippen molar-refractivity contribution in [1.82, 2.24) is 15.5 Å². The first-order chi connectivity index (χ1) is 12.2. The Morgan fingerprint density at radius 2 is 2.08 bits per heavy atom. The molecule has 1 aliphatic rings. The Hall–Kier alpha value is -2.37. The highest BCUT2D eigenvalue weighted by molar-refractivity contribution is 5.77. The van der Waals surface area contributed by atoms with Crippen molar-refractivity contribution in [2.75, 3.05) is 7.11 Å². The van der Waals surface area contributed by atoms with Crippen LogP contribution in [0.25, 0.3) is 0 Å². The zero-order valence-corrected chi connectivity index (χ0v) is 14.8. The summed E-state index contributed by atoms with van der Waals surface area (Å²) in [5.74, 6) is 2.09. The van der Waals surface area contributed by atoms with Crippen molar-refractivity contribution in [2.24, 2.45) is 5.92 Å². The van der Waals surface area contributed by atoms with Gasteiger partial charge < -0.3 is 14.6 Å². The first-order valence-corrected chi connectivity index (χ1v) is 8.90. The molecule has 0 bridgehead atoms. The number of aryl methyl sites for hydroxylation is 1. The number of carbonyl (C=O) groups excluding carboxylic acids is 1. The molecule has 1 aromatic heterocycles. The maximum atomic E-state index is 12.6. The molecular weight excluding hydrogens is 318 g/mol. The van der Waals surface area contributed by atoms with Gasteiger partial charge in [0.05, 0.1) is 7.11 Å².